The SMILES string of the molecule is CCOc1cc(C[NH2+]CCc2ccc(S(N)(=O)=O)cc2)ccc1OCc1ccccc1. The molecule has 0 saturated carbocycles. The van der Waals surface area contributed by atoms with Gasteiger partial charge in [0.15, 0.2) is 11.5 Å². The number of ether oxygens (including phenoxy) is 2. The van der Waals surface area contributed by atoms with E-state index in [1.807, 2.05) is 49.4 Å². The fraction of sp³-hybridized carbons (Fsp3) is 0.250. The van der Waals surface area contributed by atoms with E-state index in [-0.39, 0.29) is 4.90 Å². The largest absolute Gasteiger partial charge is 0.490 e. The van der Waals surface area contributed by atoms with Crippen molar-refractivity contribution in [3.63, 3.8) is 0 Å². The summed E-state index contributed by atoms with van der Waals surface area (Å²) in [7, 11) is -3.64. The standard InChI is InChI=1S/C24H28N2O4S/c1-2-29-24-16-21(10-13-23(24)30-18-20-6-4-3-5-7-20)17-26-15-14-19-8-11-22(12-9-19)31(25,27)28/h3-13,16,26H,2,14-15,17-18H2,1H3,(H2,25,27,28)/p+1. The Hall–Kier alpha value is -2.87. The van der Waals surface area contributed by atoms with E-state index in [9.17, 15) is 8.42 Å². The molecule has 0 amide bonds. The molecule has 0 bridgehead atoms. The number of hydrogen-bond acceptors (Lipinski definition) is 4. The van der Waals surface area contributed by atoms with Crippen LogP contribution in [-0.4, -0.2) is 21.6 Å². The van der Waals surface area contributed by atoms with E-state index in [0.29, 0.717) is 13.2 Å². The third-order valence-electron chi connectivity index (χ3n) is 4.81. The topological polar surface area (TPSA) is 95.2 Å². The smallest absolute Gasteiger partial charge is 0.238 e. The van der Waals surface area contributed by atoms with Gasteiger partial charge < -0.3 is 14.8 Å². The fourth-order valence-corrected chi connectivity index (χ4v) is 3.70. The van der Waals surface area contributed by atoms with Gasteiger partial charge in [-0.3, -0.25) is 0 Å². The summed E-state index contributed by atoms with van der Waals surface area (Å²) >= 11 is 0. The second-order valence-corrected chi connectivity index (χ2v) is 8.77. The van der Waals surface area contributed by atoms with Gasteiger partial charge in [0.05, 0.1) is 18.0 Å². The normalized spacial score (nSPS) is 11.3. The molecule has 164 valence electrons. The van der Waals surface area contributed by atoms with Gasteiger partial charge in [-0.1, -0.05) is 42.5 Å². The van der Waals surface area contributed by atoms with Crippen LogP contribution in [0.15, 0.2) is 77.7 Å². The fourth-order valence-electron chi connectivity index (χ4n) is 3.19. The Bertz CT molecular complexity index is 1070. The van der Waals surface area contributed by atoms with Crippen molar-refractivity contribution >= 4 is 10.0 Å². The Morgan fingerprint density at radius 1 is 0.839 bits per heavy atom. The molecule has 0 atom stereocenters. The minimum atomic E-state index is -3.64. The Balaban J connectivity index is 1.52. The van der Waals surface area contributed by atoms with Crippen LogP contribution in [0.1, 0.15) is 23.6 Å². The highest BCUT2D eigenvalue weighted by Gasteiger charge is 2.09. The number of nitrogens with two attached hydrogens (primary N) is 2. The third kappa shape index (κ3) is 7.10. The molecule has 31 heavy (non-hydrogen) atoms. The van der Waals surface area contributed by atoms with Crippen LogP contribution in [0.25, 0.3) is 0 Å². The van der Waals surface area contributed by atoms with Crippen LogP contribution < -0.4 is 19.9 Å². The van der Waals surface area contributed by atoms with Crippen LogP contribution in [0.3, 0.4) is 0 Å². The zero-order chi connectivity index (χ0) is 22.1. The van der Waals surface area contributed by atoms with Gasteiger partial charge >= 0.3 is 0 Å². The first-order valence-corrected chi connectivity index (χ1v) is 11.9. The predicted octanol–water partition coefficient (Wildman–Crippen LogP) is 2.62. The van der Waals surface area contributed by atoms with Crippen LogP contribution in [-0.2, 0) is 29.6 Å². The molecule has 0 aliphatic rings. The number of primary sulfonamides is 1. The van der Waals surface area contributed by atoms with Crippen molar-refractivity contribution in [2.75, 3.05) is 13.2 Å². The molecule has 0 aliphatic carbocycles. The summed E-state index contributed by atoms with van der Waals surface area (Å²) in [5.74, 6) is 1.49. The van der Waals surface area contributed by atoms with Crippen LogP contribution in [0.2, 0.25) is 0 Å². The summed E-state index contributed by atoms with van der Waals surface area (Å²) in [5, 5.41) is 7.34. The Kier molecular flexibility index (Phi) is 8.06. The molecule has 3 aromatic rings. The van der Waals surface area contributed by atoms with Crippen LogP contribution >= 0.6 is 0 Å². The molecule has 0 aromatic heterocycles. The second kappa shape index (κ2) is 10.9. The average molecular weight is 442 g/mol. The van der Waals surface area contributed by atoms with Crippen molar-refractivity contribution in [2.24, 2.45) is 5.14 Å². The number of benzene rings is 3. The first kappa shape index (κ1) is 22.8. The summed E-state index contributed by atoms with van der Waals surface area (Å²) < 4.78 is 34.4. The predicted molar refractivity (Wildman–Crippen MR) is 120 cm³/mol. The summed E-state index contributed by atoms with van der Waals surface area (Å²) in [4.78, 5) is 0.137. The molecular weight excluding hydrogens is 412 g/mol. The maximum absolute atomic E-state index is 11.3. The highest BCUT2D eigenvalue weighted by molar-refractivity contribution is 7.89. The minimum absolute atomic E-state index is 0.137. The lowest BCUT2D eigenvalue weighted by molar-refractivity contribution is -0.670. The van der Waals surface area contributed by atoms with Crippen molar-refractivity contribution < 1.29 is 23.2 Å². The quantitative estimate of drug-likeness (QED) is 0.447. The minimum Gasteiger partial charge on any atom is -0.490 e. The second-order valence-electron chi connectivity index (χ2n) is 7.21. The van der Waals surface area contributed by atoms with Crippen LogP contribution in [0.4, 0.5) is 0 Å². The third-order valence-corrected chi connectivity index (χ3v) is 5.74. The van der Waals surface area contributed by atoms with E-state index in [1.54, 1.807) is 24.3 Å². The van der Waals surface area contributed by atoms with Gasteiger partial charge in [0.2, 0.25) is 10.0 Å². The number of sulfonamides is 1. The molecule has 0 unspecified atom stereocenters. The van der Waals surface area contributed by atoms with Gasteiger partial charge in [0, 0.05) is 12.0 Å². The van der Waals surface area contributed by atoms with Crippen molar-refractivity contribution in [3.8, 4) is 11.5 Å². The first-order chi connectivity index (χ1) is 15.0. The summed E-state index contributed by atoms with van der Waals surface area (Å²) in [6.45, 7) is 4.72. The molecule has 6 nitrogen and oxygen atoms in total. The Morgan fingerprint density at radius 3 is 2.23 bits per heavy atom. The average Bonchev–Trinajstić information content (AvgIpc) is 2.77. The van der Waals surface area contributed by atoms with Gasteiger partial charge in [-0.25, -0.2) is 13.6 Å². The van der Waals surface area contributed by atoms with Crippen molar-refractivity contribution in [2.45, 2.75) is 31.4 Å². The highest BCUT2D eigenvalue weighted by atomic mass is 32.2. The number of rotatable bonds is 11. The first-order valence-electron chi connectivity index (χ1n) is 10.3. The Labute approximate surface area is 184 Å². The van der Waals surface area contributed by atoms with Crippen molar-refractivity contribution in [3.05, 3.63) is 89.5 Å². The Morgan fingerprint density at radius 2 is 1.55 bits per heavy atom. The zero-order valence-corrected chi connectivity index (χ0v) is 18.5. The lowest BCUT2D eigenvalue weighted by Crippen LogP contribution is -2.83. The molecule has 0 fully saturated rings. The van der Waals surface area contributed by atoms with Crippen LogP contribution in [0, 0.1) is 0 Å². The van der Waals surface area contributed by atoms with Crippen molar-refractivity contribution in [1.29, 1.82) is 0 Å². The lowest BCUT2D eigenvalue weighted by atomic mass is 10.1. The molecular formula is C24H29N2O4S+. The lowest BCUT2D eigenvalue weighted by Gasteiger charge is -2.13. The van der Waals surface area contributed by atoms with Crippen LogP contribution in [0.5, 0.6) is 11.5 Å². The maximum Gasteiger partial charge on any atom is 0.238 e. The number of hydrogen-bond donors (Lipinski definition) is 2. The summed E-state index contributed by atoms with van der Waals surface area (Å²) in [6.07, 6.45) is 0.835. The van der Waals surface area contributed by atoms with E-state index < -0.39 is 10.0 Å². The summed E-state index contributed by atoms with van der Waals surface area (Å²) in [5.41, 5.74) is 3.34. The van der Waals surface area contributed by atoms with E-state index in [1.165, 1.54) is 0 Å². The van der Waals surface area contributed by atoms with Gasteiger partial charge in [0.25, 0.3) is 0 Å². The van der Waals surface area contributed by atoms with Gasteiger partial charge in [0.1, 0.15) is 13.2 Å². The molecule has 7 heteroatoms. The van der Waals surface area contributed by atoms with Gasteiger partial charge in [-0.05, 0) is 48.4 Å². The van der Waals surface area contributed by atoms with Crippen molar-refractivity contribution in [1.82, 2.24) is 0 Å². The highest BCUT2D eigenvalue weighted by Crippen LogP contribution is 2.29. The molecule has 0 radical (unpaired) electrons. The van der Waals surface area contributed by atoms with E-state index in [4.69, 9.17) is 14.6 Å². The van der Waals surface area contributed by atoms with E-state index in [2.05, 4.69) is 11.4 Å². The number of quaternary nitrogens is 1. The molecule has 0 spiro atoms. The van der Waals surface area contributed by atoms with E-state index >= 15 is 0 Å². The molecule has 0 saturated heterocycles. The molecule has 0 aliphatic heterocycles. The molecule has 3 rings (SSSR count). The van der Waals surface area contributed by atoms with E-state index in [0.717, 1.165) is 47.7 Å². The maximum atomic E-state index is 11.3. The molecule has 3 aromatic carbocycles. The summed E-state index contributed by atoms with van der Waals surface area (Å²) in [6, 6.07) is 22.8. The zero-order valence-electron chi connectivity index (χ0n) is 17.7. The van der Waals surface area contributed by atoms with Gasteiger partial charge in [-0.15, -0.1) is 0 Å². The monoisotopic (exact) mass is 441 g/mol. The van der Waals surface area contributed by atoms with Gasteiger partial charge in [-0.2, -0.15) is 0 Å². The molecule has 4 N–H and O–H groups in total. The molecule has 0 heterocycles.